The fraction of sp³-hybridized carbons (Fsp3) is 0.192. The van der Waals surface area contributed by atoms with Gasteiger partial charge in [-0.25, -0.2) is 4.98 Å². The molecule has 0 radical (unpaired) electrons. The lowest BCUT2D eigenvalue weighted by atomic mass is 10.0. The minimum atomic E-state index is 0.0664. The average Bonchev–Trinajstić information content (AvgIpc) is 3.48. The second kappa shape index (κ2) is 8.50. The number of nitrogens with zero attached hydrogens (tertiary/aromatic N) is 4. The number of phenolic OH excluding ortho intramolecular Hbond substituents is 1. The molecule has 1 amide bonds. The monoisotopic (exact) mass is 464 g/mol. The van der Waals surface area contributed by atoms with E-state index in [0.29, 0.717) is 24.3 Å². The largest absolute Gasteiger partial charge is 0.507 e. The third kappa shape index (κ3) is 3.79. The molecule has 35 heavy (non-hydrogen) atoms. The van der Waals surface area contributed by atoms with Crippen molar-refractivity contribution < 1.29 is 9.90 Å². The number of aromatic hydroxyl groups is 1. The number of aromatic nitrogens is 4. The Balaban J connectivity index is 1.22. The highest BCUT2D eigenvalue weighted by atomic mass is 16.3. The third-order valence-corrected chi connectivity index (χ3v) is 6.78. The number of amides is 1. The Hall–Kier alpha value is -4.27. The van der Waals surface area contributed by atoms with Gasteiger partial charge in [0, 0.05) is 54.1 Å². The molecule has 2 aromatic carbocycles. The third-order valence-electron chi connectivity index (χ3n) is 6.78. The highest BCUT2D eigenvalue weighted by Gasteiger charge is 2.26. The molecule has 0 atom stereocenters. The van der Waals surface area contributed by atoms with Crippen LogP contribution in [-0.4, -0.2) is 62.5 Å². The van der Waals surface area contributed by atoms with Crippen LogP contribution in [0.5, 0.6) is 5.75 Å². The number of benzene rings is 2. The number of hydrogen-bond acceptors (Lipinski definition) is 5. The van der Waals surface area contributed by atoms with E-state index in [0.717, 1.165) is 46.2 Å². The van der Waals surface area contributed by atoms with Crippen LogP contribution in [0.4, 0.5) is 5.82 Å². The molecule has 0 unspecified atom stereocenters. The van der Waals surface area contributed by atoms with Gasteiger partial charge in [-0.2, -0.15) is 9.61 Å². The summed E-state index contributed by atoms with van der Waals surface area (Å²) in [5, 5.41) is 19.5. The molecule has 1 fully saturated rings. The van der Waals surface area contributed by atoms with Crippen molar-refractivity contribution in [2.45, 2.75) is 18.9 Å². The SMILES string of the molecule is Bc1cnn2c(NC3CCN(C(=O)c4c[nH]c5ccccc45)CC3)cc(-c3ccccc3O)nc12. The smallest absolute Gasteiger partial charge is 0.256 e. The summed E-state index contributed by atoms with van der Waals surface area (Å²) in [5.74, 6) is 1.08. The van der Waals surface area contributed by atoms with Gasteiger partial charge in [-0.1, -0.05) is 30.3 Å². The second-order valence-corrected chi connectivity index (χ2v) is 9.07. The van der Waals surface area contributed by atoms with Crippen molar-refractivity contribution in [2.24, 2.45) is 0 Å². The predicted octanol–water partition coefficient (Wildman–Crippen LogP) is 2.56. The molecular weight excluding hydrogens is 439 g/mol. The highest BCUT2D eigenvalue weighted by Crippen LogP contribution is 2.30. The first kappa shape index (κ1) is 21.3. The molecule has 6 rings (SSSR count). The first-order valence-electron chi connectivity index (χ1n) is 11.8. The zero-order valence-electron chi connectivity index (χ0n) is 19.4. The zero-order valence-corrected chi connectivity index (χ0v) is 19.4. The van der Waals surface area contributed by atoms with Crippen molar-refractivity contribution in [1.82, 2.24) is 24.5 Å². The van der Waals surface area contributed by atoms with Gasteiger partial charge in [0.1, 0.15) is 19.4 Å². The molecule has 0 spiro atoms. The Morgan fingerprint density at radius 3 is 2.71 bits per heavy atom. The van der Waals surface area contributed by atoms with Gasteiger partial charge in [0.15, 0.2) is 5.65 Å². The quantitative estimate of drug-likeness (QED) is 0.355. The van der Waals surface area contributed by atoms with Gasteiger partial charge in [0.2, 0.25) is 0 Å². The molecule has 1 aliphatic heterocycles. The maximum absolute atomic E-state index is 13.2. The number of carbonyl (C=O) groups excluding carboxylic acids is 1. The number of fused-ring (bicyclic) bond motifs is 2. The lowest BCUT2D eigenvalue weighted by Crippen LogP contribution is -2.42. The van der Waals surface area contributed by atoms with Crippen LogP contribution in [0.2, 0.25) is 0 Å². The minimum Gasteiger partial charge on any atom is -0.507 e. The number of phenols is 1. The summed E-state index contributed by atoms with van der Waals surface area (Å²) in [5.41, 5.74) is 4.78. The summed E-state index contributed by atoms with van der Waals surface area (Å²) in [7, 11) is 1.97. The van der Waals surface area contributed by atoms with Crippen molar-refractivity contribution in [1.29, 1.82) is 0 Å². The number of hydrogen-bond donors (Lipinski definition) is 3. The van der Waals surface area contributed by atoms with E-state index in [-0.39, 0.29) is 17.7 Å². The first-order chi connectivity index (χ1) is 17.1. The summed E-state index contributed by atoms with van der Waals surface area (Å²) in [6.45, 7) is 1.35. The highest BCUT2D eigenvalue weighted by molar-refractivity contribution is 6.36. The van der Waals surface area contributed by atoms with E-state index < -0.39 is 0 Å². The Labute approximate surface area is 203 Å². The topological polar surface area (TPSA) is 98.6 Å². The van der Waals surface area contributed by atoms with Gasteiger partial charge in [0.25, 0.3) is 5.91 Å². The lowest BCUT2D eigenvalue weighted by Gasteiger charge is -2.33. The molecule has 9 heteroatoms. The van der Waals surface area contributed by atoms with Crippen LogP contribution in [-0.2, 0) is 0 Å². The standard InChI is InChI=1S/C26H25BN6O2/c27-20-15-29-33-24(13-22(31-25(20)33)18-6-2-4-8-23(18)34)30-16-9-11-32(12-10-16)26(35)19-14-28-21-7-3-1-5-17(19)21/h1-8,13-16,28,30,34H,9-12,27H2. The number of aromatic amines is 1. The summed E-state index contributed by atoms with van der Waals surface area (Å²) >= 11 is 0. The number of likely N-dealkylation sites (tertiary alicyclic amines) is 1. The van der Waals surface area contributed by atoms with E-state index in [9.17, 15) is 9.90 Å². The van der Waals surface area contributed by atoms with Crippen molar-refractivity contribution in [2.75, 3.05) is 18.4 Å². The van der Waals surface area contributed by atoms with E-state index in [4.69, 9.17) is 4.98 Å². The van der Waals surface area contributed by atoms with Gasteiger partial charge >= 0.3 is 0 Å². The van der Waals surface area contributed by atoms with E-state index >= 15 is 0 Å². The normalized spacial score (nSPS) is 14.6. The molecular formula is C26H25BN6O2. The number of nitrogens with one attached hydrogen (secondary N) is 2. The van der Waals surface area contributed by atoms with Crippen LogP contribution in [0, 0.1) is 0 Å². The fourth-order valence-electron chi connectivity index (χ4n) is 4.86. The summed E-state index contributed by atoms with van der Waals surface area (Å²) in [4.78, 5) is 23.1. The Bertz CT molecular complexity index is 1550. The fourth-order valence-corrected chi connectivity index (χ4v) is 4.86. The molecule has 4 heterocycles. The van der Waals surface area contributed by atoms with E-state index in [1.165, 1.54) is 0 Å². The van der Waals surface area contributed by atoms with Gasteiger partial charge in [-0.05, 0) is 36.5 Å². The lowest BCUT2D eigenvalue weighted by molar-refractivity contribution is 0.0720. The van der Waals surface area contributed by atoms with Crippen molar-refractivity contribution in [3.05, 3.63) is 72.6 Å². The van der Waals surface area contributed by atoms with Gasteiger partial charge < -0.3 is 20.3 Å². The zero-order chi connectivity index (χ0) is 23.9. The first-order valence-corrected chi connectivity index (χ1v) is 11.8. The van der Waals surface area contributed by atoms with Crippen molar-refractivity contribution >= 4 is 41.6 Å². The minimum absolute atomic E-state index is 0.0664. The van der Waals surface area contributed by atoms with E-state index in [1.807, 2.05) is 65.9 Å². The average molecular weight is 464 g/mol. The molecule has 174 valence electrons. The molecule has 3 aromatic heterocycles. The number of rotatable bonds is 4. The molecule has 1 aliphatic rings. The van der Waals surface area contributed by atoms with Crippen molar-refractivity contribution in [3.63, 3.8) is 0 Å². The Morgan fingerprint density at radius 1 is 1.11 bits per heavy atom. The number of anilines is 1. The maximum atomic E-state index is 13.2. The van der Waals surface area contributed by atoms with Crippen LogP contribution >= 0.6 is 0 Å². The Morgan fingerprint density at radius 2 is 1.89 bits per heavy atom. The Kier molecular flexibility index (Phi) is 5.17. The van der Waals surface area contributed by atoms with Crippen molar-refractivity contribution in [3.8, 4) is 17.0 Å². The molecule has 0 aliphatic carbocycles. The van der Waals surface area contributed by atoms with Gasteiger partial charge in [0.05, 0.1) is 11.3 Å². The molecule has 0 saturated carbocycles. The van der Waals surface area contributed by atoms with E-state index in [2.05, 4.69) is 15.4 Å². The number of carbonyl (C=O) groups is 1. The second-order valence-electron chi connectivity index (χ2n) is 9.07. The van der Waals surface area contributed by atoms with E-state index in [1.54, 1.807) is 18.3 Å². The molecule has 3 N–H and O–H groups in total. The number of piperidine rings is 1. The van der Waals surface area contributed by atoms with Gasteiger partial charge in [-0.3, -0.25) is 4.79 Å². The molecule has 8 nitrogen and oxygen atoms in total. The van der Waals surface area contributed by atoms with Gasteiger partial charge in [-0.15, -0.1) is 0 Å². The molecule has 5 aromatic rings. The number of H-pyrrole nitrogens is 1. The van der Waals surface area contributed by atoms with Crippen LogP contribution in [0.15, 0.2) is 67.0 Å². The van der Waals surface area contributed by atoms with Crippen LogP contribution in [0.25, 0.3) is 27.8 Å². The number of para-hydroxylation sites is 2. The summed E-state index contributed by atoms with van der Waals surface area (Å²) in [6.07, 6.45) is 5.25. The molecule has 1 saturated heterocycles. The predicted molar refractivity (Wildman–Crippen MR) is 139 cm³/mol. The maximum Gasteiger partial charge on any atom is 0.256 e. The summed E-state index contributed by atoms with van der Waals surface area (Å²) < 4.78 is 1.81. The molecule has 0 bridgehead atoms. The van der Waals surface area contributed by atoms with Crippen LogP contribution < -0.4 is 10.8 Å². The van der Waals surface area contributed by atoms with Crippen LogP contribution in [0.1, 0.15) is 23.2 Å². The van der Waals surface area contributed by atoms with Crippen LogP contribution in [0.3, 0.4) is 0 Å². The summed E-state index contributed by atoms with van der Waals surface area (Å²) in [6, 6.07) is 17.2.